The summed E-state index contributed by atoms with van der Waals surface area (Å²) in [6.45, 7) is 2.15. The molecule has 0 aliphatic carbocycles. The lowest BCUT2D eigenvalue weighted by Gasteiger charge is -2.13. The van der Waals surface area contributed by atoms with E-state index in [2.05, 4.69) is 10.5 Å². The van der Waals surface area contributed by atoms with Crippen LogP contribution in [0.1, 0.15) is 24.2 Å². The molecule has 0 spiro atoms. The van der Waals surface area contributed by atoms with Gasteiger partial charge in [-0.15, -0.1) is 0 Å². The number of amides is 2. The van der Waals surface area contributed by atoms with E-state index in [1.54, 1.807) is 19.1 Å². The lowest BCUT2D eigenvalue weighted by molar-refractivity contribution is -0.122. The van der Waals surface area contributed by atoms with Crippen molar-refractivity contribution in [3.63, 3.8) is 0 Å². The standard InChI is InChI=1S/C20H19N3O3S2/c1-14-13-17(22-26-14)21-18(24)11-6-12-23-19(25)16(28-20(23)27)10-5-9-15-7-3-2-4-8-15/h2-5,7-10,13H,6,11-12H2,1H3,(H,21,22,24). The summed E-state index contributed by atoms with van der Waals surface area (Å²) >= 11 is 6.58. The Bertz CT molecular complexity index is 935. The van der Waals surface area contributed by atoms with Gasteiger partial charge < -0.3 is 9.84 Å². The number of hydrogen-bond donors (Lipinski definition) is 1. The molecule has 6 nitrogen and oxygen atoms in total. The van der Waals surface area contributed by atoms with Gasteiger partial charge in [-0.05, 0) is 25.0 Å². The SMILES string of the molecule is Cc1cc(NC(=O)CCCN2C(=O)C(=CC=Cc3ccccc3)SC2=S)no1. The minimum absolute atomic E-state index is 0.125. The van der Waals surface area contributed by atoms with Gasteiger partial charge >= 0.3 is 0 Å². The summed E-state index contributed by atoms with van der Waals surface area (Å²) in [6, 6.07) is 11.5. The fraction of sp³-hybridized carbons (Fsp3) is 0.200. The number of thiocarbonyl (C=S) groups is 1. The Kier molecular flexibility index (Phi) is 6.78. The molecular formula is C20H19N3O3S2. The Labute approximate surface area is 172 Å². The van der Waals surface area contributed by atoms with Crippen molar-refractivity contribution in [2.45, 2.75) is 19.8 Å². The number of aromatic nitrogens is 1. The zero-order chi connectivity index (χ0) is 19.9. The second kappa shape index (κ2) is 9.48. The number of hydrogen-bond acceptors (Lipinski definition) is 6. The van der Waals surface area contributed by atoms with Gasteiger partial charge in [-0.2, -0.15) is 0 Å². The third-order valence-electron chi connectivity index (χ3n) is 3.89. The summed E-state index contributed by atoms with van der Waals surface area (Å²) in [5, 5.41) is 6.37. The largest absolute Gasteiger partial charge is 0.360 e. The molecule has 1 aliphatic heterocycles. The van der Waals surface area contributed by atoms with E-state index in [1.807, 2.05) is 42.5 Å². The molecule has 0 bridgehead atoms. The first-order valence-corrected chi connectivity index (χ1v) is 9.95. The number of aryl methyl sites for hydroxylation is 1. The highest BCUT2D eigenvalue weighted by molar-refractivity contribution is 8.26. The molecule has 0 atom stereocenters. The van der Waals surface area contributed by atoms with Crippen LogP contribution < -0.4 is 5.32 Å². The molecule has 1 saturated heterocycles. The minimum atomic E-state index is -0.180. The fourth-order valence-corrected chi connectivity index (χ4v) is 3.81. The summed E-state index contributed by atoms with van der Waals surface area (Å²) in [5.41, 5.74) is 1.06. The third-order valence-corrected chi connectivity index (χ3v) is 5.29. The summed E-state index contributed by atoms with van der Waals surface area (Å²) in [4.78, 5) is 26.6. The first kappa shape index (κ1) is 20.0. The number of carbonyl (C=O) groups excluding carboxylic acids is 2. The van der Waals surface area contributed by atoms with E-state index in [9.17, 15) is 9.59 Å². The molecule has 144 valence electrons. The number of nitrogens with zero attached hydrogens (tertiary/aromatic N) is 2. The van der Waals surface area contributed by atoms with Crippen LogP contribution in [0, 0.1) is 6.92 Å². The Morgan fingerprint density at radius 1 is 1.36 bits per heavy atom. The van der Waals surface area contributed by atoms with Gasteiger partial charge in [0, 0.05) is 19.0 Å². The summed E-state index contributed by atoms with van der Waals surface area (Å²) in [6.07, 6.45) is 6.31. The van der Waals surface area contributed by atoms with E-state index in [0.29, 0.717) is 33.8 Å². The van der Waals surface area contributed by atoms with Crippen LogP contribution in [-0.4, -0.2) is 32.7 Å². The normalized spacial score (nSPS) is 15.8. The molecule has 2 aromatic rings. The Morgan fingerprint density at radius 3 is 2.86 bits per heavy atom. The van der Waals surface area contributed by atoms with Crippen molar-refractivity contribution in [3.8, 4) is 0 Å². The number of thioether (sulfide) groups is 1. The number of allylic oxidation sites excluding steroid dienone is 2. The number of nitrogens with one attached hydrogen (secondary N) is 1. The smallest absolute Gasteiger partial charge is 0.266 e. The quantitative estimate of drug-likeness (QED) is 0.543. The zero-order valence-corrected chi connectivity index (χ0v) is 16.9. The van der Waals surface area contributed by atoms with Crippen LogP contribution in [0.2, 0.25) is 0 Å². The first-order valence-electron chi connectivity index (χ1n) is 8.73. The van der Waals surface area contributed by atoms with E-state index in [4.69, 9.17) is 16.7 Å². The lowest BCUT2D eigenvalue weighted by Crippen LogP contribution is -2.29. The van der Waals surface area contributed by atoms with Crippen LogP contribution in [0.5, 0.6) is 0 Å². The highest BCUT2D eigenvalue weighted by atomic mass is 32.2. The van der Waals surface area contributed by atoms with Crippen LogP contribution in [0.25, 0.3) is 6.08 Å². The first-order chi connectivity index (χ1) is 13.5. The Balaban J connectivity index is 1.48. The van der Waals surface area contributed by atoms with Crippen LogP contribution in [0.4, 0.5) is 5.82 Å². The molecule has 1 aliphatic rings. The lowest BCUT2D eigenvalue weighted by atomic mass is 10.2. The van der Waals surface area contributed by atoms with E-state index >= 15 is 0 Å². The highest BCUT2D eigenvalue weighted by Gasteiger charge is 2.31. The maximum atomic E-state index is 12.5. The van der Waals surface area contributed by atoms with Crippen molar-refractivity contribution in [3.05, 3.63) is 64.8 Å². The minimum Gasteiger partial charge on any atom is -0.360 e. The summed E-state index contributed by atoms with van der Waals surface area (Å²) < 4.78 is 5.41. The van der Waals surface area contributed by atoms with Crippen LogP contribution in [0.3, 0.4) is 0 Å². The second-order valence-electron chi connectivity index (χ2n) is 6.10. The average Bonchev–Trinajstić information content (AvgIpc) is 3.20. The second-order valence-corrected chi connectivity index (χ2v) is 7.78. The molecule has 0 radical (unpaired) electrons. The summed E-state index contributed by atoms with van der Waals surface area (Å²) in [7, 11) is 0. The summed E-state index contributed by atoms with van der Waals surface area (Å²) in [5.74, 6) is 0.711. The van der Waals surface area contributed by atoms with Gasteiger partial charge in [-0.3, -0.25) is 14.5 Å². The van der Waals surface area contributed by atoms with E-state index in [1.165, 1.54) is 16.7 Å². The monoisotopic (exact) mass is 413 g/mol. The predicted octanol–water partition coefficient (Wildman–Crippen LogP) is 4.16. The van der Waals surface area contributed by atoms with E-state index in [0.717, 1.165) is 5.56 Å². The van der Waals surface area contributed by atoms with Crippen molar-refractivity contribution in [1.82, 2.24) is 10.1 Å². The molecule has 8 heteroatoms. The van der Waals surface area contributed by atoms with Crippen molar-refractivity contribution in [2.75, 3.05) is 11.9 Å². The van der Waals surface area contributed by atoms with Crippen LogP contribution in [-0.2, 0) is 9.59 Å². The zero-order valence-electron chi connectivity index (χ0n) is 15.3. The van der Waals surface area contributed by atoms with Gasteiger partial charge in [-0.1, -0.05) is 71.6 Å². The number of rotatable bonds is 7. The van der Waals surface area contributed by atoms with Crippen LogP contribution >= 0.6 is 24.0 Å². The Hall–Kier alpha value is -2.71. The van der Waals surface area contributed by atoms with Gasteiger partial charge in [0.2, 0.25) is 5.91 Å². The number of carbonyl (C=O) groups is 2. The van der Waals surface area contributed by atoms with Crippen molar-refractivity contribution in [2.24, 2.45) is 0 Å². The molecule has 1 N–H and O–H groups in total. The fourth-order valence-electron chi connectivity index (χ4n) is 2.55. The average molecular weight is 414 g/mol. The molecule has 28 heavy (non-hydrogen) atoms. The molecular weight excluding hydrogens is 394 g/mol. The van der Waals surface area contributed by atoms with Gasteiger partial charge in [0.05, 0.1) is 4.91 Å². The molecule has 2 heterocycles. The van der Waals surface area contributed by atoms with Gasteiger partial charge in [0.15, 0.2) is 5.82 Å². The number of benzene rings is 1. The van der Waals surface area contributed by atoms with Gasteiger partial charge in [-0.25, -0.2) is 0 Å². The van der Waals surface area contributed by atoms with Crippen LogP contribution in [0.15, 0.2) is 58.0 Å². The van der Waals surface area contributed by atoms with E-state index < -0.39 is 0 Å². The van der Waals surface area contributed by atoms with Crippen molar-refractivity contribution < 1.29 is 14.1 Å². The van der Waals surface area contributed by atoms with Gasteiger partial charge in [0.1, 0.15) is 10.1 Å². The maximum absolute atomic E-state index is 12.5. The molecule has 0 unspecified atom stereocenters. The molecule has 3 rings (SSSR count). The Morgan fingerprint density at radius 2 is 2.14 bits per heavy atom. The van der Waals surface area contributed by atoms with Crippen molar-refractivity contribution in [1.29, 1.82) is 0 Å². The predicted molar refractivity (Wildman–Crippen MR) is 115 cm³/mol. The molecule has 0 saturated carbocycles. The molecule has 1 aromatic carbocycles. The topological polar surface area (TPSA) is 75.4 Å². The highest BCUT2D eigenvalue weighted by Crippen LogP contribution is 2.31. The number of anilines is 1. The van der Waals surface area contributed by atoms with Gasteiger partial charge in [0.25, 0.3) is 5.91 Å². The van der Waals surface area contributed by atoms with Crippen molar-refractivity contribution >= 4 is 52.0 Å². The molecule has 2 amide bonds. The van der Waals surface area contributed by atoms with E-state index in [-0.39, 0.29) is 18.2 Å². The third kappa shape index (κ3) is 5.40. The molecule has 1 fully saturated rings. The molecule has 1 aromatic heterocycles. The maximum Gasteiger partial charge on any atom is 0.266 e.